The Morgan fingerprint density at radius 3 is 2.17 bits per heavy atom. The van der Waals surface area contributed by atoms with Gasteiger partial charge < -0.3 is 4.42 Å². The molecule has 0 N–H and O–H groups in total. The Morgan fingerprint density at radius 1 is 0.556 bits per heavy atom. The van der Waals surface area contributed by atoms with Crippen molar-refractivity contribution in [1.82, 2.24) is 9.38 Å². The molecule has 0 bridgehead atoms. The Hall–Kier alpha value is -4.89. The van der Waals surface area contributed by atoms with Crippen molar-refractivity contribution in [1.29, 1.82) is 0 Å². The van der Waals surface area contributed by atoms with Crippen molar-refractivity contribution in [3.8, 4) is 22.4 Å². The van der Waals surface area contributed by atoms with Gasteiger partial charge in [-0.25, -0.2) is 4.98 Å². The molecule has 0 unspecified atom stereocenters. The molecular weight excluding hydrogens is 440 g/mol. The zero-order valence-corrected chi connectivity index (χ0v) is 19.3. The van der Waals surface area contributed by atoms with Gasteiger partial charge in [-0.3, -0.25) is 4.40 Å². The highest BCUT2D eigenvalue weighted by Gasteiger charge is 2.16. The van der Waals surface area contributed by atoms with E-state index in [0.717, 1.165) is 60.9 Å². The molecule has 0 saturated heterocycles. The fraction of sp³-hybridized carbons (Fsp3) is 0. The summed E-state index contributed by atoms with van der Waals surface area (Å²) in [7, 11) is 0. The van der Waals surface area contributed by atoms with Crippen LogP contribution in [-0.2, 0) is 0 Å². The first-order chi connectivity index (χ1) is 17.9. The molecule has 3 aromatic heterocycles. The maximum atomic E-state index is 6.33. The van der Waals surface area contributed by atoms with Crippen LogP contribution in [-0.4, -0.2) is 9.38 Å². The SMILES string of the molecule is c1cc(-c2cccc3c2oc2ccccc23)cc(-c2cnc3c4ccccc4c4ccccc4n23)c1. The van der Waals surface area contributed by atoms with Crippen LogP contribution in [0.25, 0.3) is 71.6 Å². The number of hydrogen-bond acceptors (Lipinski definition) is 2. The second-order valence-electron chi connectivity index (χ2n) is 9.23. The fourth-order valence-corrected chi connectivity index (χ4v) is 5.62. The Labute approximate surface area is 206 Å². The normalized spacial score (nSPS) is 11.9. The van der Waals surface area contributed by atoms with E-state index in [-0.39, 0.29) is 0 Å². The van der Waals surface area contributed by atoms with E-state index in [1.807, 2.05) is 18.3 Å². The van der Waals surface area contributed by atoms with Crippen molar-refractivity contribution in [2.45, 2.75) is 0 Å². The Bertz CT molecular complexity index is 2110. The minimum absolute atomic E-state index is 0.913. The van der Waals surface area contributed by atoms with E-state index in [1.165, 1.54) is 10.8 Å². The van der Waals surface area contributed by atoms with Crippen LogP contribution < -0.4 is 0 Å². The van der Waals surface area contributed by atoms with E-state index in [0.29, 0.717) is 0 Å². The molecule has 0 aliphatic heterocycles. The number of benzene rings is 5. The highest BCUT2D eigenvalue weighted by atomic mass is 16.3. The van der Waals surface area contributed by atoms with Gasteiger partial charge in [-0.05, 0) is 29.1 Å². The van der Waals surface area contributed by atoms with E-state index in [4.69, 9.17) is 9.40 Å². The lowest BCUT2D eigenvalue weighted by atomic mass is 9.99. The predicted molar refractivity (Wildman–Crippen MR) is 148 cm³/mol. The van der Waals surface area contributed by atoms with E-state index in [1.54, 1.807) is 0 Å². The molecule has 168 valence electrons. The molecule has 0 saturated carbocycles. The molecule has 8 rings (SSSR count). The lowest BCUT2D eigenvalue weighted by Crippen LogP contribution is -1.94. The van der Waals surface area contributed by atoms with Crippen molar-refractivity contribution in [3.63, 3.8) is 0 Å². The number of furan rings is 1. The second-order valence-corrected chi connectivity index (χ2v) is 9.23. The van der Waals surface area contributed by atoms with Crippen LogP contribution >= 0.6 is 0 Å². The second kappa shape index (κ2) is 7.30. The van der Waals surface area contributed by atoms with Crippen LogP contribution in [0.1, 0.15) is 0 Å². The summed E-state index contributed by atoms with van der Waals surface area (Å²) in [5.41, 5.74) is 8.38. The molecule has 0 aliphatic carbocycles. The molecule has 0 fully saturated rings. The van der Waals surface area contributed by atoms with E-state index >= 15 is 0 Å². The number of imidazole rings is 1. The van der Waals surface area contributed by atoms with Crippen molar-refractivity contribution < 1.29 is 4.42 Å². The summed E-state index contributed by atoms with van der Waals surface area (Å²) in [5, 5.41) is 5.89. The first-order valence-corrected chi connectivity index (χ1v) is 12.1. The predicted octanol–water partition coefficient (Wildman–Crippen LogP) is 8.87. The summed E-state index contributed by atoms with van der Waals surface area (Å²) in [6, 6.07) is 40.4. The van der Waals surface area contributed by atoms with Crippen LogP contribution in [0.5, 0.6) is 0 Å². The molecular formula is C33H20N2O. The van der Waals surface area contributed by atoms with Crippen LogP contribution in [0.15, 0.2) is 126 Å². The van der Waals surface area contributed by atoms with Gasteiger partial charge in [0.2, 0.25) is 0 Å². The smallest absolute Gasteiger partial charge is 0.145 e. The molecule has 0 radical (unpaired) electrons. The summed E-state index contributed by atoms with van der Waals surface area (Å²) in [5.74, 6) is 0. The van der Waals surface area contributed by atoms with Gasteiger partial charge in [0, 0.05) is 32.7 Å². The molecule has 3 nitrogen and oxygen atoms in total. The maximum absolute atomic E-state index is 6.33. The zero-order valence-electron chi connectivity index (χ0n) is 19.3. The van der Waals surface area contributed by atoms with Crippen LogP contribution in [0.3, 0.4) is 0 Å². The van der Waals surface area contributed by atoms with E-state index in [2.05, 4.69) is 108 Å². The summed E-state index contributed by atoms with van der Waals surface area (Å²) >= 11 is 0. The largest absolute Gasteiger partial charge is 0.455 e. The van der Waals surface area contributed by atoms with E-state index in [9.17, 15) is 0 Å². The van der Waals surface area contributed by atoms with Gasteiger partial charge >= 0.3 is 0 Å². The van der Waals surface area contributed by atoms with Crippen LogP contribution in [0.4, 0.5) is 0 Å². The Balaban J connectivity index is 1.40. The highest BCUT2D eigenvalue weighted by Crippen LogP contribution is 2.38. The maximum Gasteiger partial charge on any atom is 0.145 e. The van der Waals surface area contributed by atoms with Crippen molar-refractivity contribution in [3.05, 3.63) is 121 Å². The van der Waals surface area contributed by atoms with Gasteiger partial charge in [0.1, 0.15) is 16.8 Å². The van der Waals surface area contributed by atoms with Gasteiger partial charge in [0.15, 0.2) is 0 Å². The molecule has 3 heterocycles. The molecule has 0 spiro atoms. The number of hydrogen-bond donors (Lipinski definition) is 0. The minimum atomic E-state index is 0.913. The van der Waals surface area contributed by atoms with Crippen molar-refractivity contribution in [2.75, 3.05) is 0 Å². The number of fused-ring (bicyclic) bond motifs is 9. The summed E-state index contributed by atoms with van der Waals surface area (Å²) in [4.78, 5) is 4.90. The third kappa shape index (κ3) is 2.65. The molecule has 5 aromatic carbocycles. The van der Waals surface area contributed by atoms with Crippen LogP contribution in [0.2, 0.25) is 0 Å². The topological polar surface area (TPSA) is 30.4 Å². The monoisotopic (exact) mass is 460 g/mol. The third-order valence-electron chi connectivity index (χ3n) is 7.24. The number of aromatic nitrogens is 2. The molecule has 3 heteroatoms. The van der Waals surface area contributed by atoms with Gasteiger partial charge in [-0.15, -0.1) is 0 Å². The quantitative estimate of drug-likeness (QED) is 0.241. The fourth-order valence-electron chi connectivity index (χ4n) is 5.62. The summed E-state index contributed by atoms with van der Waals surface area (Å²) < 4.78 is 8.62. The Morgan fingerprint density at radius 2 is 1.25 bits per heavy atom. The molecule has 8 aromatic rings. The van der Waals surface area contributed by atoms with Gasteiger partial charge in [0.05, 0.1) is 17.4 Å². The van der Waals surface area contributed by atoms with Gasteiger partial charge in [-0.2, -0.15) is 0 Å². The van der Waals surface area contributed by atoms with E-state index < -0.39 is 0 Å². The lowest BCUT2D eigenvalue weighted by Gasteiger charge is -2.11. The van der Waals surface area contributed by atoms with Gasteiger partial charge in [-0.1, -0.05) is 97.1 Å². The van der Waals surface area contributed by atoms with Crippen LogP contribution in [0, 0.1) is 0 Å². The number of nitrogens with zero attached hydrogens (tertiary/aromatic N) is 2. The van der Waals surface area contributed by atoms with Gasteiger partial charge in [0.25, 0.3) is 0 Å². The first-order valence-electron chi connectivity index (χ1n) is 12.1. The molecule has 0 atom stereocenters. The summed E-state index contributed by atoms with van der Waals surface area (Å²) in [6.45, 7) is 0. The van der Waals surface area contributed by atoms with Crippen molar-refractivity contribution >= 4 is 49.3 Å². The molecule has 0 aliphatic rings. The Kier molecular flexibility index (Phi) is 3.94. The van der Waals surface area contributed by atoms with Crippen molar-refractivity contribution in [2.24, 2.45) is 0 Å². The lowest BCUT2D eigenvalue weighted by molar-refractivity contribution is 0.670. The summed E-state index contributed by atoms with van der Waals surface area (Å²) in [6.07, 6.45) is 2.00. The zero-order chi connectivity index (χ0) is 23.6. The average molecular weight is 461 g/mol. The number of rotatable bonds is 2. The third-order valence-corrected chi connectivity index (χ3v) is 7.24. The number of para-hydroxylation sites is 3. The minimum Gasteiger partial charge on any atom is -0.455 e. The average Bonchev–Trinajstić information content (AvgIpc) is 3.56. The highest BCUT2D eigenvalue weighted by molar-refractivity contribution is 6.12. The first kappa shape index (κ1) is 19.4. The number of pyridine rings is 1. The molecule has 36 heavy (non-hydrogen) atoms. The standard InChI is InChI=1S/C33H20N2O/c1-2-14-28-24(11-1)25-12-3-5-17-29(25)35-30(20-34-33(28)35)22-10-7-9-21(19-22)23-15-8-16-27-26-13-4-6-18-31(26)36-32(23)27/h1-20H. The molecule has 0 amide bonds.